The lowest BCUT2D eigenvalue weighted by molar-refractivity contribution is -0.151. The zero-order valence-electron chi connectivity index (χ0n) is 39.1. The number of amides is 1. The van der Waals surface area contributed by atoms with E-state index in [0.717, 1.165) is 70.6 Å². The van der Waals surface area contributed by atoms with Crippen molar-refractivity contribution in [3.63, 3.8) is 0 Å². The van der Waals surface area contributed by atoms with Crippen LogP contribution < -0.4 is 5.32 Å². The van der Waals surface area contributed by atoms with Crippen LogP contribution in [0.25, 0.3) is 0 Å². The summed E-state index contributed by atoms with van der Waals surface area (Å²) in [7, 11) is 0. The molecule has 3 N–H and O–H groups in total. The van der Waals surface area contributed by atoms with Crippen LogP contribution in [-0.2, 0) is 14.3 Å². The normalized spacial score (nSPS) is 13.6. The molecular formula is C53H97NO5. The van der Waals surface area contributed by atoms with E-state index in [2.05, 4.69) is 74.7 Å². The van der Waals surface area contributed by atoms with Gasteiger partial charge in [0.2, 0.25) is 5.91 Å². The summed E-state index contributed by atoms with van der Waals surface area (Å²) in [6.07, 6.45) is 56.0. The number of allylic oxidation sites excluding steroid dienone is 8. The first-order valence-corrected chi connectivity index (χ1v) is 25.4. The number of ether oxygens (including phenoxy) is 1. The Morgan fingerprint density at radius 1 is 0.492 bits per heavy atom. The lowest BCUT2D eigenvalue weighted by atomic mass is 10.0. The quantitative estimate of drug-likeness (QED) is 0.0323. The fourth-order valence-corrected chi connectivity index (χ4v) is 7.54. The minimum absolute atomic E-state index is 0.0419. The predicted octanol–water partition coefficient (Wildman–Crippen LogP) is 15.1. The second kappa shape index (κ2) is 46.9. The van der Waals surface area contributed by atoms with Gasteiger partial charge in [-0.15, -0.1) is 0 Å². The van der Waals surface area contributed by atoms with E-state index in [4.69, 9.17) is 4.74 Å². The number of esters is 1. The van der Waals surface area contributed by atoms with Crippen molar-refractivity contribution >= 4 is 11.9 Å². The van der Waals surface area contributed by atoms with Crippen molar-refractivity contribution in [3.05, 3.63) is 48.6 Å². The summed E-state index contributed by atoms with van der Waals surface area (Å²) >= 11 is 0. The Labute approximate surface area is 366 Å². The van der Waals surface area contributed by atoms with Crippen molar-refractivity contribution in [2.24, 2.45) is 0 Å². The monoisotopic (exact) mass is 828 g/mol. The second-order valence-corrected chi connectivity index (χ2v) is 17.2. The molecule has 0 aromatic carbocycles. The maximum atomic E-state index is 13.2. The van der Waals surface area contributed by atoms with Gasteiger partial charge in [-0.05, 0) is 64.2 Å². The van der Waals surface area contributed by atoms with Gasteiger partial charge in [-0.3, -0.25) is 9.59 Å². The Balaban J connectivity index is 4.63. The number of unbranched alkanes of at least 4 members (excludes halogenated alkanes) is 25. The molecule has 0 fully saturated rings. The number of rotatable bonds is 45. The van der Waals surface area contributed by atoms with E-state index in [0.29, 0.717) is 19.3 Å². The molecule has 0 saturated carbocycles. The minimum Gasteiger partial charge on any atom is -0.462 e. The van der Waals surface area contributed by atoms with Gasteiger partial charge < -0.3 is 20.3 Å². The summed E-state index contributed by atoms with van der Waals surface area (Å²) in [6, 6.07) is -0.716. The van der Waals surface area contributed by atoms with Crippen LogP contribution in [0.2, 0.25) is 0 Å². The van der Waals surface area contributed by atoms with Crippen molar-refractivity contribution in [1.29, 1.82) is 0 Å². The molecule has 0 spiro atoms. The van der Waals surface area contributed by atoms with E-state index < -0.39 is 18.2 Å². The first kappa shape index (κ1) is 56.8. The summed E-state index contributed by atoms with van der Waals surface area (Å²) in [5.41, 5.74) is 0. The van der Waals surface area contributed by atoms with Gasteiger partial charge in [0.15, 0.2) is 0 Å². The Hall–Kier alpha value is -2.18. The molecule has 59 heavy (non-hydrogen) atoms. The highest BCUT2D eigenvalue weighted by atomic mass is 16.5. The predicted molar refractivity (Wildman–Crippen MR) is 255 cm³/mol. The third-order valence-electron chi connectivity index (χ3n) is 11.4. The number of aliphatic hydroxyl groups excluding tert-OH is 2. The molecule has 3 atom stereocenters. The lowest BCUT2D eigenvalue weighted by Gasteiger charge is -2.24. The van der Waals surface area contributed by atoms with Crippen LogP contribution in [0.1, 0.15) is 252 Å². The van der Waals surface area contributed by atoms with Crippen LogP contribution in [0.5, 0.6) is 0 Å². The molecule has 0 bridgehead atoms. The molecular weight excluding hydrogens is 731 g/mol. The van der Waals surface area contributed by atoms with Crippen molar-refractivity contribution in [2.45, 2.75) is 270 Å². The summed E-state index contributed by atoms with van der Waals surface area (Å²) in [5, 5.41) is 23.7. The molecule has 0 rings (SSSR count). The largest absolute Gasteiger partial charge is 0.462 e. The topological polar surface area (TPSA) is 95.9 Å². The van der Waals surface area contributed by atoms with E-state index >= 15 is 0 Å². The molecule has 0 radical (unpaired) electrons. The Morgan fingerprint density at radius 2 is 0.881 bits per heavy atom. The molecule has 0 aliphatic heterocycles. The average molecular weight is 828 g/mol. The average Bonchev–Trinajstić information content (AvgIpc) is 3.23. The van der Waals surface area contributed by atoms with Gasteiger partial charge in [-0.25, -0.2) is 0 Å². The second-order valence-electron chi connectivity index (χ2n) is 17.2. The molecule has 1 amide bonds. The van der Waals surface area contributed by atoms with Crippen LogP contribution in [0.4, 0.5) is 0 Å². The Bertz CT molecular complexity index is 1020. The highest BCUT2D eigenvalue weighted by Gasteiger charge is 2.24. The van der Waals surface area contributed by atoms with Gasteiger partial charge in [0.05, 0.1) is 25.2 Å². The van der Waals surface area contributed by atoms with Crippen LogP contribution in [-0.4, -0.2) is 46.9 Å². The Kier molecular flexibility index (Phi) is 45.1. The van der Waals surface area contributed by atoms with Crippen LogP contribution >= 0.6 is 0 Å². The van der Waals surface area contributed by atoms with Gasteiger partial charge in [0.25, 0.3) is 0 Å². The number of hydrogen-bond donors (Lipinski definition) is 3. The molecule has 344 valence electrons. The van der Waals surface area contributed by atoms with Gasteiger partial charge in [0.1, 0.15) is 6.10 Å². The van der Waals surface area contributed by atoms with E-state index in [1.165, 1.54) is 135 Å². The SMILES string of the molecule is CCCCC/C=C\C/C=C\C/C=C\C/C=C\CCCC(CC(=O)NC(CO)C(O)CCCCCCCCCCCCCCCC)OC(=O)CCCCCCCCCCC. The minimum atomic E-state index is -0.800. The zero-order chi connectivity index (χ0) is 43.1. The smallest absolute Gasteiger partial charge is 0.306 e. The van der Waals surface area contributed by atoms with Gasteiger partial charge in [-0.1, -0.05) is 223 Å². The first-order valence-electron chi connectivity index (χ1n) is 25.4. The van der Waals surface area contributed by atoms with Crippen LogP contribution in [0.15, 0.2) is 48.6 Å². The van der Waals surface area contributed by atoms with Crippen molar-refractivity contribution in [1.82, 2.24) is 5.32 Å². The Morgan fingerprint density at radius 3 is 1.34 bits per heavy atom. The number of nitrogens with one attached hydrogen (secondary N) is 1. The van der Waals surface area contributed by atoms with Gasteiger partial charge in [-0.2, -0.15) is 0 Å². The molecule has 0 aromatic rings. The highest BCUT2D eigenvalue weighted by Crippen LogP contribution is 2.17. The fraction of sp³-hybridized carbons (Fsp3) is 0.811. The van der Waals surface area contributed by atoms with Crippen molar-refractivity contribution in [2.75, 3.05) is 6.61 Å². The number of hydrogen-bond acceptors (Lipinski definition) is 5. The molecule has 0 heterocycles. The van der Waals surface area contributed by atoms with Gasteiger partial charge in [0, 0.05) is 6.42 Å². The summed E-state index contributed by atoms with van der Waals surface area (Å²) in [5.74, 6) is -0.525. The highest BCUT2D eigenvalue weighted by molar-refractivity contribution is 5.77. The molecule has 0 saturated heterocycles. The van der Waals surface area contributed by atoms with Crippen LogP contribution in [0.3, 0.4) is 0 Å². The molecule has 0 aromatic heterocycles. The van der Waals surface area contributed by atoms with E-state index in [1.807, 2.05) is 0 Å². The molecule has 6 heteroatoms. The number of carbonyl (C=O) groups excluding carboxylic acids is 2. The molecule has 0 aliphatic carbocycles. The van der Waals surface area contributed by atoms with Gasteiger partial charge >= 0.3 is 5.97 Å². The van der Waals surface area contributed by atoms with E-state index in [1.54, 1.807) is 0 Å². The standard InChI is InChI=1S/C53H97NO5/c1-4-7-10-13-16-19-21-23-25-26-27-28-30-33-35-38-41-44-49(59-53(58)46-43-40-37-32-18-15-12-9-6-3)47-52(57)54-50(48-55)51(56)45-42-39-36-34-31-29-24-22-20-17-14-11-8-5-2/h16,19,23,25,27-28,33,35,49-51,55-56H,4-15,17-18,20-22,24,26,29-32,34,36-48H2,1-3H3,(H,54,57)/b19-16-,25-23-,28-27-,35-33-. The van der Waals surface area contributed by atoms with E-state index in [-0.39, 0.29) is 24.9 Å². The number of carbonyl (C=O) groups is 2. The maximum absolute atomic E-state index is 13.2. The maximum Gasteiger partial charge on any atom is 0.306 e. The third kappa shape index (κ3) is 42.3. The third-order valence-corrected chi connectivity index (χ3v) is 11.4. The number of aliphatic hydroxyl groups is 2. The fourth-order valence-electron chi connectivity index (χ4n) is 7.54. The first-order chi connectivity index (χ1) is 29.0. The molecule has 6 nitrogen and oxygen atoms in total. The van der Waals surface area contributed by atoms with Crippen LogP contribution in [0, 0.1) is 0 Å². The summed E-state index contributed by atoms with van der Waals surface area (Å²) < 4.78 is 5.88. The molecule has 3 unspecified atom stereocenters. The lowest BCUT2D eigenvalue weighted by Crippen LogP contribution is -2.46. The summed E-state index contributed by atoms with van der Waals surface area (Å²) in [6.45, 7) is 6.42. The zero-order valence-corrected chi connectivity index (χ0v) is 39.1. The summed E-state index contributed by atoms with van der Waals surface area (Å²) in [4.78, 5) is 26.0. The van der Waals surface area contributed by atoms with E-state index in [9.17, 15) is 19.8 Å². The van der Waals surface area contributed by atoms with Crippen molar-refractivity contribution < 1.29 is 24.5 Å². The van der Waals surface area contributed by atoms with Crippen molar-refractivity contribution in [3.8, 4) is 0 Å². The molecule has 0 aliphatic rings.